The highest BCUT2D eigenvalue weighted by Crippen LogP contribution is 2.33. The smallest absolute Gasteiger partial charge is 0.0664 e. The third-order valence-electron chi connectivity index (χ3n) is 2.37. The number of hydrogen-bond donors (Lipinski definition) is 1. The van der Waals surface area contributed by atoms with Crippen molar-refractivity contribution in [2.45, 2.75) is 33.3 Å². The third kappa shape index (κ3) is 1.94. The molecular weight excluding hydrogens is 138 g/mol. The minimum Gasteiger partial charge on any atom is -0.377 e. The van der Waals surface area contributed by atoms with Gasteiger partial charge >= 0.3 is 0 Å². The molecule has 0 aromatic heterocycles. The Balaban J connectivity index is 2.57. The normalized spacial score (nSPS) is 32.7. The fourth-order valence-corrected chi connectivity index (χ4v) is 1.83. The van der Waals surface area contributed by atoms with Crippen LogP contribution < -0.4 is 5.73 Å². The highest BCUT2D eigenvalue weighted by atomic mass is 16.5. The van der Waals surface area contributed by atoms with Gasteiger partial charge in [-0.2, -0.15) is 0 Å². The molecule has 0 aromatic rings. The molecule has 2 nitrogen and oxygen atoms in total. The van der Waals surface area contributed by atoms with Gasteiger partial charge in [0, 0.05) is 12.5 Å². The minimum absolute atomic E-state index is 0.251. The lowest BCUT2D eigenvalue weighted by Crippen LogP contribution is -2.35. The van der Waals surface area contributed by atoms with Crippen LogP contribution in [0.15, 0.2) is 0 Å². The summed E-state index contributed by atoms with van der Waals surface area (Å²) in [5.41, 5.74) is 5.89. The lowest BCUT2D eigenvalue weighted by molar-refractivity contribution is 0.00882. The Kier molecular flexibility index (Phi) is 2.55. The van der Waals surface area contributed by atoms with Gasteiger partial charge in [0.05, 0.1) is 6.10 Å². The van der Waals surface area contributed by atoms with Crippen molar-refractivity contribution >= 4 is 0 Å². The van der Waals surface area contributed by atoms with E-state index in [1.54, 1.807) is 0 Å². The zero-order chi connectivity index (χ0) is 8.48. The average molecular weight is 157 g/mol. The van der Waals surface area contributed by atoms with Gasteiger partial charge in [0.15, 0.2) is 0 Å². The SMILES string of the molecule is CC(C)(C)C1OCCC1CN. The van der Waals surface area contributed by atoms with Crippen LogP contribution in [-0.4, -0.2) is 19.3 Å². The first-order valence-electron chi connectivity index (χ1n) is 4.37. The van der Waals surface area contributed by atoms with Gasteiger partial charge in [-0.05, 0) is 18.4 Å². The first-order valence-corrected chi connectivity index (χ1v) is 4.37. The van der Waals surface area contributed by atoms with Crippen molar-refractivity contribution in [3.8, 4) is 0 Å². The van der Waals surface area contributed by atoms with Crippen LogP contribution in [0.4, 0.5) is 0 Å². The molecule has 1 aliphatic heterocycles. The summed E-state index contributed by atoms with van der Waals surface area (Å²) in [7, 11) is 0. The summed E-state index contributed by atoms with van der Waals surface area (Å²) in [5.74, 6) is 0.579. The summed E-state index contributed by atoms with van der Waals surface area (Å²) in [6.07, 6.45) is 1.51. The fourth-order valence-electron chi connectivity index (χ4n) is 1.83. The van der Waals surface area contributed by atoms with Crippen LogP contribution in [0.5, 0.6) is 0 Å². The molecule has 0 spiro atoms. The highest BCUT2D eigenvalue weighted by molar-refractivity contribution is 4.85. The summed E-state index contributed by atoms with van der Waals surface area (Å²) in [6, 6.07) is 0. The molecule has 0 bridgehead atoms. The van der Waals surface area contributed by atoms with Gasteiger partial charge in [0.25, 0.3) is 0 Å². The molecule has 2 atom stereocenters. The van der Waals surface area contributed by atoms with Crippen molar-refractivity contribution < 1.29 is 4.74 Å². The van der Waals surface area contributed by atoms with E-state index in [-0.39, 0.29) is 5.41 Å². The predicted octanol–water partition coefficient (Wildman–Crippen LogP) is 1.40. The van der Waals surface area contributed by atoms with Crippen molar-refractivity contribution in [1.82, 2.24) is 0 Å². The van der Waals surface area contributed by atoms with E-state index in [2.05, 4.69) is 20.8 Å². The number of rotatable bonds is 1. The van der Waals surface area contributed by atoms with Crippen molar-refractivity contribution in [1.29, 1.82) is 0 Å². The van der Waals surface area contributed by atoms with Crippen LogP contribution in [0.25, 0.3) is 0 Å². The summed E-state index contributed by atoms with van der Waals surface area (Å²) in [5, 5.41) is 0. The van der Waals surface area contributed by atoms with Crippen molar-refractivity contribution in [3.63, 3.8) is 0 Å². The summed E-state index contributed by atoms with van der Waals surface area (Å²) in [6.45, 7) is 8.30. The van der Waals surface area contributed by atoms with Gasteiger partial charge in [-0.15, -0.1) is 0 Å². The Morgan fingerprint density at radius 1 is 1.45 bits per heavy atom. The van der Waals surface area contributed by atoms with Gasteiger partial charge in [0.2, 0.25) is 0 Å². The average Bonchev–Trinajstić information content (AvgIpc) is 2.31. The van der Waals surface area contributed by atoms with Crippen molar-refractivity contribution in [2.75, 3.05) is 13.2 Å². The molecule has 1 heterocycles. The van der Waals surface area contributed by atoms with E-state index in [9.17, 15) is 0 Å². The maximum atomic E-state index is 5.64. The van der Waals surface area contributed by atoms with Crippen molar-refractivity contribution in [3.05, 3.63) is 0 Å². The molecule has 0 aromatic carbocycles. The van der Waals surface area contributed by atoms with Crippen LogP contribution >= 0.6 is 0 Å². The molecule has 2 unspecified atom stereocenters. The van der Waals surface area contributed by atoms with Crippen molar-refractivity contribution in [2.24, 2.45) is 17.1 Å². The Morgan fingerprint density at radius 3 is 2.45 bits per heavy atom. The molecule has 0 radical (unpaired) electrons. The molecule has 66 valence electrons. The molecule has 2 heteroatoms. The van der Waals surface area contributed by atoms with Crippen LogP contribution in [-0.2, 0) is 4.74 Å². The second-order valence-corrected chi connectivity index (χ2v) is 4.44. The van der Waals surface area contributed by atoms with Gasteiger partial charge < -0.3 is 10.5 Å². The fraction of sp³-hybridized carbons (Fsp3) is 1.00. The van der Waals surface area contributed by atoms with E-state index in [0.717, 1.165) is 19.6 Å². The maximum absolute atomic E-state index is 5.64. The van der Waals surface area contributed by atoms with E-state index in [0.29, 0.717) is 12.0 Å². The molecule has 1 rings (SSSR count). The zero-order valence-electron chi connectivity index (χ0n) is 7.76. The Morgan fingerprint density at radius 2 is 2.09 bits per heavy atom. The van der Waals surface area contributed by atoms with E-state index >= 15 is 0 Å². The first-order chi connectivity index (χ1) is 5.05. The van der Waals surface area contributed by atoms with Crippen LogP contribution in [0.1, 0.15) is 27.2 Å². The third-order valence-corrected chi connectivity index (χ3v) is 2.37. The monoisotopic (exact) mass is 157 g/mol. The second kappa shape index (κ2) is 3.11. The summed E-state index contributed by atoms with van der Waals surface area (Å²) in [4.78, 5) is 0. The van der Waals surface area contributed by atoms with E-state index < -0.39 is 0 Å². The first kappa shape index (κ1) is 9.01. The Hall–Kier alpha value is -0.0800. The molecule has 0 amide bonds. The van der Waals surface area contributed by atoms with Gasteiger partial charge in [-0.3, -0.25) is 0 Å². The Bertz CT molecular complexity index is 128. The molecular formula is C9H19NO. The van der Waals surface area contributed by atoms with E-state index in [4.69, 9.17) is 10.5 Å². The summed E-state index contributed by atoms with van der Waals surface area (Å²) >= 11 is 0. The quantitative estimate of drug-likeness (QED) is 0.624. The number of ether oxygens (including phenoxy) is 1. The lowest BCUT2D eigenvalue weighted by atomic mass is 9.81. The van der Waals surface area contributed by atoms with Crippen LogP contribution in [0.3, 0.4) is 0 Å². The zero-order valence-corrected chi connectivity index (χ0v) is 7.76. The minimum atomic E-state index is 0.251. The molecule has 1 aliphatic rings. The molecule has 1 fully saturated rings. The molecule has 2 N–H and O–H groups in total. The number of nitrogens with two attached hydrogens (primary N) is 1. The largest absolute Gasteiger partial charge is 0.377 e. The molecule has 0 aliphatic carbocycles. The standard InChI is InChI=1S/C9H19NO/c1-9(2,3)8-7(6-10)4-5-11-8/h7-8H,4-6,10H2,1-3H3. The lowest BCUT2D eigenvalue weighted by Gasteiger charge is -2.30. The molecule has 0 saturated carbocycles. The van der Waals surface area contributed by atoms with Crippen LogP contribution in [0, 0.1) is 11.3 Å². The predicted molar refractivity (Wildman–Crippen MR) is 46.4 cm³/mol. The molecule has 11 heavy (non-hydrogen) atoms. The second-order valence-electron chi connectivity index (χ2n) is 4.44. The van der Waals surface area contributed by atoms with E-state index in [1.807, 2.05) is 0 Å². The summed E-state index contributed by atoms with van der Waals surface area (Å²) < 4.78 is 5.64. The Labute approximate surface area is 69.1 Å². The van der Waals surface area contributed by atoms with Gasteiger partial charge in [0.1, 0.15) is 0 Å². The van der Waals surface area contributed by atoms with Crippen LogP contribution in [0.2, 0.25) is 0 Å². The van der Waals surface area contributed by atoms with Gasteiger partial charge in [-0.25, -0.2) is 0 Å². The van der Waals surface area contributed by atoms with E-state index in [1.165, 1.54) is 0 Å². The molecule has 1 saturated heterocycles. The maximum Gasteiger partial charge on any atom is 0.0664 e. The number of hydrogen-bond acceptors (Lipinski definition) is 2. The topological polar surface area (TPSA) is 35.2 Å². The highest BCUT2D eigenvalue weighted by Gasteiger charge is 2.36. The van der Waals surface area contributed by atoms with Gasteiger partial charge in [-0.1, -0.05) is 20.8 Å².